The molecule has 0 bridgehead atoms. The zero-order chi connectivity index (χ0) is 26.6. The minimum atomic E-state index is -1.15. The van der Waals surface area contributed by atoms with E-state index < -0.39 is 10.7 Å². The van der Waals surface area contributed by atoms with Gasteiger partial charge in [0.15, 0.2) is 10.9 Å². The summed E-state index contributed by atoms with van der Waals surface area (Å²) in [6.07, 6.45) is 3.34. The molecule has 0 radical (unpaired) electrons. The molecule has 2 unspecified atom stereocenters. The Morgan fingerprint density at radius 2 is 1.87 bits per heavy atom. The fraction of sp³-hybridized carbons (Fsp3) is 0.444. The van der Waals surface area contributed by atoms with Crippen molar-refractivity contribution < 1.29 is 14.4 Å². The Labute approximate surface area is 237 Å². The number of carbonyl (C=O) groups is 2. The average molecular weight is 579 g/mol. The van der Waals surface area contributed by atoms with Gasteiger partial charge in [0.05, 0.1) is 16.8 Å². The first kappa shape index (κ1) is 27.1. The molecule has 2 amide bonds. The second-order valence-electron chi connectivity index (χ2n) is 9.70. The number of rotatable bonds is 6. The summed E-state index contributed by atoms with van der Waals surface area (Å²) in [7, 11) is 0. The first-order valence-corrected chi connectivity index (χ1v) is 14.1. The molecule has 0 saturated carbocycles. The zero-order valence-corrected chi connectivity index (χ0v) is 23.1. The Morgan fingerprint density at radius 1 is 1.08 bits per heavy atom. The van der Waals surface area contributed by atoms with Crippen LogP contribution in [0.25, 0.3) is 0 Å². The van der Waals surface area contributed by atoms with Gasteiger partial charge in [-0.3, -0.25) is 9.59 Å². The van der Waals surface area contributed by atoms with Gasteiger partial charge in [-0.25, -0.2) is 0 Å². The summed E-state index contributed by atoms with van der Waals surface area (Å²) in [5.74, 6) is -0.287. The number of hydrogen-bond acceptors (Lipinski definition) is 6. The molecule has 2 saturated heterocycles. The molecule has 3 aliphatic rings. The monoisotopic (exact) mass is 577 g/mol. The lowest BCUT2D eigenvalue weighted by atomic mass is 9.98. The van der Waals surface area contributed by atoms with Gasteiger partial charge in [0.2, 0.25) is 5.91 Å². The van der Waals surface area contributed by atoms with Crippen molar-refractivity contribution in [1.29, 1.82) is 0 Å². The molecule has 2 aromatic rings. The average Bonchev–Trinajstić information content (AvgIpc) is 3.43. The molecule has 38 heavy (non-hydrogen) atoms. The number of piperazine rings is 1. The number of anilines is 2. The molecule has 2 fully saturated rings. The third kappa shape index (κ3) is 6.04. The Morgan fingerprint density at radius 3 is 2.61 bits per heavy atom. The van der Waals surface area contributed by atoms with Gasteiger partial charge >= 0.3 is 0 Å². The van der Waals surface area contributed by atoms with E-state index in [1.54, 1.807) is 6.07 Å². The summed E-state index contributed by atoms with van der Waals surface area (Å²) < 4.78 is 0. The van der Waals surface area contributed by atoms with Gasteiger partial charge in [-0.1, -0.05) is 64.6 Å². The van der Waals surface area contributed by atoms with Gasteiger partial charge in [0, 0.05) is 49.5 Å². The van der Waals surface area contributed by atoms with Crippen LogP contribution >= 0.6 is 34.8 Å². The van der Waals surface area contributed by atoms with Gasteiger partial charge in [-0.2, -0.15) is 0 Å². The molecular formula is C27H30Cl3N5O3. The molecule has 0 spiro atoms. The summed E-state index contributed by atoms with van der Waals surface area (Å²) in [6.45, 7) is 3.67. The number of amides is 2. The maximum Gasteiger partial charge on any atom is 0.257 e. The Balaban J connectivity index is 1.26. The van der Waals surface area contributed by atoms with Crippen molar-refractivity contribution >= 4 is 63.7 Å². The smallest absolute Gasteiger partial charge is 0.257 e. The van der Waals surface area contributed by atoms with Crippen LogP contribution in [0.4, 0.5) is 11.4 Å². The van der Waals surface area contributed by atoms with E-state index in [1.807, 2.05) is 41.3 Å². The number of piperidine rings is 1. The third-order valence-corrected chi connectivity index (χ3v) is 7.93. The van der Waals surface area contributed by atoms with Crippen molar-refractivity contribution in [3.63, 3.8) is 0 Å². The van der Waals surface area contributed by atoms with E-state index >= 15 is 0 Å². The SMILES string of the molecule is O=C(Nc1cccc(C2CC(c3c(Cl)cccc3N3CCN(C(=O)C4CCCCN4)CC3)=NO2)c1)C(Cl)Cl. The van der Waals surface area contributed by atoms with Crippen molar-refractivity contribution in [2.45, 2.75) is 42.7 Å². The molecule has 2 aromatic carbocycles. The summed E-state index contributed by atoms with van der Waals surface area (Å²) in [5.41, 5.74) is 4.03. The Bertz CT molecular complexity index is 1210. The Hall–Kier alpha value is -2.52. The number of nitrogens with one attached hydrogen (secondary N) is 2. The molecule has 2 N–H and O–H groups in total. The quantitative estimate of drug-likeness (QED) is 0.484. The molecule has 2 atom stereocenters. The van der Waals surface area contributed by atoms with E-state index in [4.69, 9.17) is 39.6 Å². The number of carbonyl (C=O) groups excluding carboxylic acids is 2. The molecule has 0 aromatic heterocycles. The van der Waals surface area contributed by atoms with E-state index in [0.717, 1.165) is 48.3 Å². The highest BCUT2D eigenvalue weighted by Crippen LogP contribution is 2.37. The lowest BCUT2D eigenvalue weighted by molar-refractivity contribution is -0.134. The van der Waals surface area contributed by atoms with Crippen LogP contribution in [0, 0.1) is 0 Å². The van der Waals surface area contributed by atoms with Crippen molar-refractivity contribution in [2.24, 2.45) is 5.16 Å². The van der Waals surface area contributed by atoms with Crippen LogP contribution in [-0.4, -0.2) is 66.0 Å². The molecular weight excluding hydrogens is 549 g/mol. The van der Waals surface area contributed by atoms with Gasteiger partial charge in [0.25, 0.3) is 5.91 Å². The van der Waals surface area contributed by atoms with Crippen LogP contribution in [0.15, 0.2) is 47.6 Å². The topological polar surface area (TPSA) is 86.3 Å². The second kappa shape index (κ2) is 12.1. The lowest BCUT2D eigenvalue weighted by Gasteiger charge is -2.39. The first-order chi connectivity index (χ1) is 18.4. The molecule has 8 nitrogen and oxygen atoms in total. The molecule has 0 aliphatic carbocycles. The van der Waals surface area contributed by atoms with Gasteiger partial charge in [0.1, 0.15) is 0 Å². The third-order valence-electron chi connectivity index (χ3n) is 7.21. The number of hydrogen-bond donors (Lipinski definition) is 2. The Kier molecular flexibility index (Phi) is 8.63. The molecule has 5 rings (SSSR count). The van der Waals surface area contributed by atoms with E-state index in [0.29, 0.717) is 43.3 Å². The van der Waals surface area contributed by atoms with Gasteiger partial charge in [-0.05, 0) is 49.2 Å². The minimum absolute atomic E-state index is 0.0583. The van der Waals surface area contributed by atoms with Gasteiger partial charge < -0.3 is 25.3 Å². The van der Waals surface area contributed by atoms with Crippen molar-refractivity contribution in [2.75, 3.05) is 42.9 Å². The fourth-order valence-corrected chi connectivity index (χ4v) is 5.62. The zero-order valence-electron chi connectivity index (χ0n) is 20.8. The number of benzene rings is 2. The van der Waals surface area contributed by atoms with E-state index in [1.165, 1.54) is 0 Å². The van der Waals surface area contributed by atoms with Crippen LogP contribution in [0.3, 0.4) is 0 Å². The summed E-state index contributed by atoms with van der Waals surface area (Å²) in [6, 6.07) is 13.1. The van der Waals surface area contributed by atoms with Crippen LogP contribution in [0.5, 0.6) is 0 Å². The highest BCUT2D eigenvalue weighted by molar-refractivity contribution is 6.54. The molecule has 3 heterocycles. The summed E-state index contributed by atoms with van der Waals surface area (Å²) in [4.78, 5) is 33.7. The van der Waals surface area contributed by atoms with E-state index in [-0.39, 0.29) is 18.1 Å². The van der Waals surface area contributed by atoms with Crippen LogP contribution in [0.1, 0.15) is 42.9 Å². The predicted octanol–water partition coefficient (Wildman–Crippen LogP) is 4.74. The lowest BCUT2D eigenvalue weighted by Crippen LogP contribution is -2.55. The normalized spacial score (nSPS) is 21.7. The minimum Gasteiger partial charge on any atom is -0.387 e. The maximum atomic E-state index is 13.0. The molecule has 3 aliphatic heterocycles. The van der Waals surface area contributed by atoms with Crippen LogP contribution in [-0.2, 0) is 14.4 Å². The second-order valence-corrected chi connectivity index (χ2v) is 11.2. The standard InChI is InChI=1S/C27H30Cl3N5O3/c28-19-7-4-9-22(34-11-13-35(14-12-34)27(37)20-8-1-2-10-31-20)24(19)21-16-23(38-33-21)17-5-3-6-18(15-17)32-26(36)25(29)30/h3-7,9,15,20,23,25,31H,1-2,8,10-14,16H2,(H,32,36). The van der Waals surface area contributed by atoms with Crippen molar-refractivity contribution in [1.82, 2.24) is 10.2 Å². The van der Waals surface area contributed by atoms with E-state index in [9.17, 15) is 9.59 Å². The molecule has 11 heteroatoms. The van der Waals surface area contributed by atoms with Crippen molar-refractivity contribution in [3.05, 3.63) is 58.6 Å². The van der Waals surface area contributed by atoms with Crippen molar-refractivity contribution in [3.8, 4) is 0 Å². The number of nitrogens with zero attached hydrogens (tertiary/aromatic N) is 3. The molecule has 202 valence electrons. The van der Waals surface area contributed by atoms with Crippen LogP contribution < -0.4 is 15.5 Å². The van der Waals surface area contributed by atoms with Gasteiger partial charge in [-0.15, -0.1) is 0 Å². The predicted molar refractivity (Wildman–Crippen MR) is 151 cm³/mol. The highest BCUT2D eigenvalue weighted by atomic mass is 35.5. The maximum absolute atomic E-state index is 13.0. The summed E-state index contributed by atoms with van der Waals surface area (Å²) in [5, 5.41) is 11.1. The largest absolute Gasteiger partial charge is 0.387 e. The highest BCUT2D eigenvalue weighted by Gasteiger charge is 2.32. The number of alkyl halides is 2. The number of oxime groups is 1. The van der Waals surface area contributed by atoms with E-state index in [2.05, 4.69) is 20.7 Å². The fourth-order valence-electron chi connectivity index (χ4n) is 5.23. The summed E-state index contributed by atoms with van der Waals surface area (Å²) >= 11 is 18.0. The first-order valence-electron chi connectivity index (χ1n) is 12.9. The number of halogens is 3. The van der Waals surface area contributed by atoms with Crippen LogP contribution in [0.2, 0.25) is 5.02 Å².